The zero-order chi connectivity index (χ0) is 14.0. The van der Waals surface area contributed by atoms with Crippen molar-refractivity contribution in [2.75, 3.05) is 13.2 Å². The number of hydrogen-bond acceptors (Lipinski definition) is 3. The zero-order valence-electron chi connectivity index (χ0n) is 12.3. The predicted molar refractivity (Wildman–Crippen MR) is 74.3 cm³/mol. The van der Waals surface area contributed by atoms with Crippen molar-refractivity contribution < 1.29 is 14.6 Å². The number of rotatable bonds is 9. The molecule has 0 spiro atoms. The van der Waals surface area contributed by atoms with Crippen molar-refractivity contribution in [2.45, 2.75) is 59.8 Å². The first-order chi connectivity index (χ1) is 8.55. The molecular weight excluding hydrogens is 228 g/mol. The summed E-state index contributed by atoms with van der Waals surface area (Å²) < 4.78 is 5.33. The number of aliphatic hydroxyl groups excluding tert-OH is 1. The first-order valence-corrected chi connectivity index (χ1v) is 6.96. The number of allylic oxidation sites excluding steroid dienone is 1. The number of ether oxygens (including phenoxy) is 1. The van der Waals surface area contributed by atoms with E-state index in [4.69, 9.17) is 4.74 Å². The van der Waals surface area contributed by atoms with E-state index in [1.54, 1.807) is 13.0 Å². The standard InChI is InChI=1S/C15H28O3/c1-5-8-10-15(11-16,9-6-2)12-18-14(17)13(4)7-3/h7,16H,5-6,8-12H2,1-4H3. The fourth-order valence-electron chi connectivity index (χ4n) is 2.01. The molecule has 3 nitrogen and oxygen atoms in total. The first-order valence-electron chi connectivity index (χ1n) is 6.96. The van der Waals surface area contributed by atoms with Gasteiger partial charge in [-0.25, -0.2) is 4.79 Å². The van der Waals surface area contributed by atoms with Gasteiger partial charge in [0.1, 0.15) is 0 Å². The van der Waals surface area contributed by atoms with Crippen molar-refractivity contribution in [3.63, 3.8) is 0 Å². The maximum atomic E-state index is 11.6. The molecule has 1 N–H and O–H groups in total. The second kappa shape index (κ2) is 9.15. The fraction of sp³-hybridized carbons (Fsp3) is 0.800. The molecule has 0 aliphatic carbocycles. The molecule has 0 aliphatic rings. The van der Waals surface area contributed by atoms with E-state index in [2.05, 4.69) is 13.8 Å². The highest BCUT2D eigenvalue weighted by Gasteiger charge is 2.29. The highest BCUT2D eigenvalue weighted by molar-refractivity contribution is 5.87. The number of unbranched alkanes of at least 4 members (excludes halogenated alkanes) is 1. The summed E-state index contributed by atoms with van der Waals surface area (Å²) in [7, 11) is 0. The lowest BCUT2D eigenvalue weighted by Crippen LogP contribution is -2.32. The molecule has 3 heteroatoms. The minimum absolute atomic E-state index is 0.0863. The van der Waals surface area contributed by atoms with Crippen LogP contribution in [0.5, 0.6) is 0 Å². The lowest BCUT2D eigenvalue weighted by molar-refractivity contribution is -0.144. The lowest BCUT2D eigenvalue weighted by Gasteiger charge is -2.31. The molecule has 1 atom stereocenters. The molecule has 18 heavy (non-hydrogen) atoms. The van der Waals surface area contributed by atoms with E-state index in [0.717, 1.165) is 32.1 Å². The third kappa shape index (κ3) is 5.67. The fourth-order valence-corrected chi connectivity index (χ4v) is 2.01. The van der Waals surface area contributed by atoms with Crippen molar-refractivity contribution in [3.8, 4) is 0 Å². The number of carbonyl (C=O) groups is 1. The Balaban J connectivity index is 4.52. The Morgan fingerprint density at radius 2 is 1.94 bits per heavy atom. The van der Waals surface area contributed by atoms with Gasteiger partial charge in [-0.1, -0.05) is 39.2 Å². The van der Waals surface area contributed by atoms with Crippen LogP contribution in [0.4, 0.5) is 0 Å². The van der Waals surface area contributed by atoms with Crippen LogP contribution in [0.1, 0.15) is 59.8 Å². The average Bonchev–Trinajstić information content (AvgIpc) is 2.40. The Morgan fingerprint density at radius 3 is 2.39 bits per heavy atom. The summed E-state index contributed by atoms with van der Waals surface area (Å²) in [5, 5.41) is 9.64. The Hall–Kier alpha value is -0.830. The Morgan fingerprint density at radius 1 is 1.28 bits per heavy atom. The van der Waals surface area contributed by atoms with E-state index >= 15 is 0 Å². The van der Waals surface area contributed by atoms with Gasteiger partial charge in [0.2, 0.25) is 0 Å². The predicted octanol–water partition coefficient (Wildman–Crippen LogP) is 3.46. The minimum Gasteiger partial charge on any atom is -0.462 e. The number of esters is 1. The van der Waals surface area contributed by atoms with Gasteiger partial charge in [0, 0.05) is 11.0 Å². The molecule has 106 valence electrons. The minimum atomic E-state index is -0.275. The molecule has 1 unspecified atom stereocenters. The third-order valence-electron chi connectivity index (χ3n) is 3.44. The molecule has 0 aromatic carbocycles. The monoisotopic (exact) mass is 256 g/mol. The van der Waals surface area contributed by atoms with Crippen LogP contribution in [0.3, 0.4) is 0 Å². The van der Waals surface area contributed by atoms with E-state index in [-0.39, 0.29) is 18.0 Å². The van der Waals surface area contributed by atoms with Crippen LogP contribution in [0.25, 0.3) is 0 Å². The Labute approximate surface area is 111 Å². The lowest BCUT2D eigenvalue weighted by atomic mass is 9.80. The molecule has 0 radical (unpaired) electrons. The molecule has 0 aliphatic heterocycles. The Kier molecular flexibility index (Phi) is 8.73. The molecule has 0 aromatic heterocycles. The topological polar surface area (TPSA) is 46.5 Å². The number of hydrogen-bond donors (Lipinski definition) is 1. The van der Waals surface area contributed by atoms with Gasteiger partial charge in [-0.15, -0.1) is 0 Å². The van der Waals surface area contributed by atoms with Gasteiger partial charge in [0.15, 0.2) is 0 Å². The van der Waals surface area contributed by atoms with Gasteiger partial charge >= 0.3 is 5.97 Å². The smallest absolute Gasteiger partial charge is 0.333 e. The summed E-state index contributed by atoms with van der Waals surface area (Å²) in [6, 6.07) is 0. The van der Waals surface area contributed by atoms with Crippen molar-refractivity contribution in [3.05, 3.63) is 11.6 Å². The molecule has 0 aromatic rings. The number of aliphatic hydroxyl groups is 1. The van der Waals surface area contributed by atoms with Crippen LogP contribution in [-0.2, 0) is 9.53 Å². The number of carbonyl (C=O) groups excluding carboxylic acids is 1. The average molecular weight is 256 g/mol. The van der Waals surface area contributed by atoms with E-state index in [1.165, 1.54) is 0 Å². The van der Waals surface area contributed by atoms with Crippen LogP contribution in [0.2, 0.25) is 0 Å². The summed E-state index contributed by atoms with van der Waals surface area (Å²) in [5.74, 6) is -0.275. The first kappa shape index (κ1) is 17.2. The molecule has 0 saturated heterocycles. The summed E-state index contributed by atoms with van der Waals surface area (Å²) in [6.07, 6.45) is 6.69. The Bertz CT molecular complexity index is 271. The van der Waals surface area contributed by atoms with E-state index < -0.39 is 0 Å². The molecular formula is C15H28O3. The summed E-state index contributed by atoms with van der Waals surface area (Å²) in [4.78, 5) is 11.6. The SMILES string of the molecule is CC=C(C)C(=O)OCC(CO)(CCC)CCCC. The van der Waals surface area contributed by atoms with Gasteiger partial charge in [0.25, 0.3) is 0 Å². The van der Waals surface area contributed by atoms with Crippen molar-refractivity contribution in [1.82, 2.24) is 0 Å². The van der Waals surface area contributed by atoms with Gasteiger partial charge in [0.05, 0.1) is 13.2 Å². The molecule has 0 bridgehead atoms. The molecule has 0 amide bonds. The van der Waals surface area contributed by atoms with Crippen LogP contribution in [-0.4, -0.2) is 24.3 Å². The van der Waals surface area contributed by atoms with E-state index in [9.17, 15) is 9.90 Å². The van der Waals surface area contributed by atoms with Crippen LogP contribution in [0.15, 0.2) is 11.6 Å². The van der Waals surface area contributed by atoms with Gasteiger partial charge in [-0.05, 0) is 26.7 Å². The highest BCUT2D eigenvalue weighted by atomic mass is 16.5. The second-order valence-electron chi connectivity index (χ2n) is 5.06. The third-order valence-corrected chi connectivity index (χ3v) is 3.44. The maximum Gasteiger partial charge on any atom is 0.333 e. The van der Waals surface area contributed by atoms with Gasteiger partial charge in [-0.3, -0.25) is 0 Å². The maximum absolute atomic E-state index is 11.6. The van der Waals surface area contributed by atoms with Crippen molar-refractivity contribution in [2.24, 2.45) is 5.41 Å². The van der Waals surface area contributed by atoms with Gasteiger partial charge in [-0.2, -0.15) is 0 Å². The van der Waals surface area contributed by atoms with Crippen LogP contribution >= 0.6 is 0 Å². The summed E-state index contributed by atoms with van der Waals surface area (Å²) >= 11 is 0. The van der Waals surface area contributed by atoms with Crippen molar-refractivity contribution >= 4 is 5.97 Å². The van der Waals surface area contributed by atoms with E-state index in [0.29, 0.717) is 12.2 Å². The summed E-state index contributed by atoms with van der Waals surface area (Å²) in [6.45, 7) is 8.19. The normalized spacial score (nSPS) is 15.3. The molecule has 0 rings (SSSR count). The van der Waals surface area contributed by atoms with Gasteiger partial charge < -0.3 is 9.84 Å². The summed E-state index contributed by atoms with van der Waals surface area (Å²) in [5.41, 5.74) is 0.364. The quantitative estimate of drug-likeness (QED) is 0.507. The highest BCUT2D eigenvalue weighted by Crippen LogP contribution is 2.30. The zero-order valence-corrected chi connectivity index (χ0v) is 12.3. The van der Waals surface area contributed by atoms with Crippen LogP contribution in [0, 0.1) is 5.41 Å². The molecule has 0 saturated carbocycles. The second-order valence-corrected chi connectivity index (χ2v) is 5.06. The van der Waals surface area contributed by atoms with Crippen molar-refractivity contribution in [1.29, 1.82) is 0 Å². The molecule has 0 fully saturated rings. The van der Waals surface area contributed by atoms with E-state index in [1.807, 2.05) is 6.92 Å². The molecule has 0 heterocycles. The largest absolute Gasteiger partial charge is 0.462 e. The van der Waals surface area contributed by atoms with Crippen LogP contribution < -0.4 is 0 Å².